The van der Waals surface area contributed by atoms with Crippen LogP contribution in [0, 0.1) is 10.7 Å². The number of rotatable bonds is 2. The molecule has 19 heavy (non-hydrogen) atoms. The van der Waals surface area contributed by atoms with Gasteiger partial charge >= 0.3 is 0 Å². The zero-order chi connectivity index (χ0) is 14.0. The zero-order valence-electron chi connectivity index (χ0n) is 9.58. The molecule has 3 nitrogen and oxygen atoms in total. The first-order chi connectivity index (χ1) is 9.00. The second-order valence-electron chi connectivity index (χ2n) is 3.76. The van der Waals surface area contributed by atoms with Crippen LogP contribution in [0.1, 0.15) is 10.4 Å². The minimum Gasteiger partial charge on any atom is -0.397 e. The molecule has 0 aliphatic rings. The number of halogens is 3. The fourth-order valence-electron chi connectivity index (χ4n) is 1.53. The van der Waals surface area contributed by atoms with Crippen molar-refractivity contribution in [2.24, 2.45) is 0 Å². The van der Waals surface area contributed by atoms with Crippen LogP contribution in [0.4, 0.5) is 11.4 Å². The number of amides is 1. The van der Waals surface area contributed by atoms with E-state index < -0.39 is 0 Å². The minimum atomic E-state index is -0.136. The van der Waals surface area contributed by atoms with Gasteiger partial charge in [-0.05, 0) is 86.0 Å². The molecule has 2 rings (SSSR count). The lowest BCUT2D eigenvalue weighted by Gasteiger charge is -2.12. The molecule has 0 aromatic heterocycles. The van der Waals surface area contributed by atoms with Gasteiger partial charge in [-0.2, -0.15) is 0 Å². The molecule has 0 saturated heterocycles. The molecule has 2 aromatic rings. The Morgan fingerprint density at radius 3 is 2.32 bits per heavy atom. The van der Waals surface area contributed by atoms with Crippen molar-refractivity contribution in [2.45, 2.75) is 0 Å². The van der Waals surface area contributed by atoms with E-state index in [4.69, 9.17) is 5.73 Å². The quantitative estimate of drug-likeness (QED) is 0.405. The second kappa shape index (κ2) is 6.57. The lowest BCUT2D eigenvalue weighted by Crippen LogP contribution is -2.16. The van der Waals surface area contributed by atoms with Crippen LogP contribution in [-0.2, 0) is 0 Å². The zero-order valence-corrected chi connectivity index (χ0v) is 16.1. The number of benzene rings is 2. The maximum absolute atomic E-state index is 12.3. The summed E-state index contributed by atoms with van der Waals surface area (Å²) in [6.45, 7) is 0. The lowest BCUT2D eigenvalue weighted by molar-refractivity contribution is 0.102. The summed E-state index contributed by atoms with van der Waals surface area (Å²) in [6.07, 6.45) is 0. The fourth-order valence-corrected chi connectivity index (χ4v) is 5.39. The first-order valence-corrected chi connectivity index (χ1v) is 8.53. The van der Waals surface area contributed by atoms with E-state index in [1.54, 1.807) is 0 Å². The Morgan fingerprint density at radius 1 is 1.05 bits per heavy atom. The highest BCUT2D eigenvalue weighted by molar-refractivity contribution is 14.1. The van der Waals surface area contributed by atoms with Gasteiger partial charge in [0.25, 0.3) is 5.91 Å². The molecule has 0 saturated carbocycles. The Balaban J connectivity index is 2.37. The first kappa shape index (κ1) is 15.3. The number of carbonyl (C=O) groups is 1. The largest absolute Gasteiger partial charge is 0.397 e. The average Bonchev–Trinajstić information content (AvgIpc) is 2.37. The normalized spacial score (nSPS) is 10.3. The lowest BCUT2D eigenvalue weighted by atomic mass is 10.2. The Kier molecular flexibility index (Phi) is 5.29. The Morgan fingerprint density at radius 2 is 1.68 bits per heavy atom. The van der Waals surface area contributed by atoms with E-state index >= 15 is 0 Å². The van der Waals surface area contributed by atoms with Crippen molar-refractivity contribution in [3.05, 3.63) is 52.7 Å². The number of anilines is 2. The smallest absolute Gasteiger partial charge is 0.257 e. The predicted octanol–water partition coefficient (Wildman–Crippen LogP) is 4.33. The molecule has 1 amide bonds. The van der Waals surface area contributed by atoms with Gasteiger partial charge in [-0.15, -0.1) is 0 Å². The molecule has 0 fully saturated rings. The molecule has 0 atom stereocenters. The van der Waals surface area contributed by atoms with Gasteiger partial charge in [-0.3, -0.25) is 4.79 Å². The molecular weight excluding hydrogens is 581 g/mol. The fraction of sp³-hybridized carbons (Fsp3) is 0. The number of carbonyl (C=O) groups excluding carboxylic acids is 1. The van der Waals surface area contributed by atoms with Crippen molar-refractivity contribution < 1.29 is 4.79 Å². The van der Waals surface area contributed by atoms with Gasteiger partial charge in [0, 0.05) is 12.8 Å². The third kappa shape index (κ3) is 3.51. The number of nitrogens with two attached hydrogens (primary N) is 1. The maximum Gasteiger partial charge on any atom is 0.257 e. The molecule has 0 radical (unpaired) electrons. The van der Waals surface area contributed by atoms with Crippen LogP contribution in [0.25, 0.3) is 0 Å². The molecule has 0 spiro atoms. The predicted molar refractivity (Wildman–Crippen MR) is 103 cm³/mol. The van der Waals surface area contributed by atoms with Crippen LogP contribution >= 0.6 is 67.8 Å². The topological polar surface area (TPSA) is 55.1 Å². The van der Waals surface area contributed by atoms with E-state index in [2.05, 4.69) is 73.1 Å². The van der Waals surface area contributed by atoms with Crippen molar-refractivity contribution in [3.63, 3.8) is 0 Å². The summed E-state index contributed by atoms with van der Waals surface area (Å²) in [7, 11) is 0. The summed E-state index contributed by atoms with van der Waals surface area (Å²) in [5.41, 5.74) is 8.04. The number of hydrogen-bond acceptors (Lipinski definition) is 2. The monoisotopic (exact) mass is 590 g/mol. The van der Waals surface area contributed by atoms with Crippen LogP contribution in [0.3, 0.4) is 0 Å². The average molecular weight is 590 g/mol. The highest BCUT2D eigenvalue weighted by atomic mass is 127. The van der Waals surface area contributed by atoms with Gasteiger partial charge in [0.05, 0.1) is 14.8 Å². The molecule has 6 heteroatoms. The SMILES string of the molecule is Nc1c(I)cc(I)c(C(=O)Nc2ccccc2)c1I. The van der Waals surface area contributed by atoms with Crippen molar-refractivity contribution in [3.8, 4) is 0 Å². The summed E-state index contributed by atoms with van der Waals surface area (Å²) in [5.74, 6) is -0.136. The van der Waals surface area contributed by atoms with E-state index in [-0.39, 0.29) is 5.91 Å². The Hall–Kier alpha value is -0.100. The highest BCUT2D eigenvalue weighted by Gasteiger charge is 2.18. The Bertz CT molecular complexity index is 630. The molecule has 0 aliphatic heterocycles. The molecule has 2 aromatic carbocycles. The van der Waals surface area contributed by atoms with Crippen molar-refractivity contribution >= 4 is 85.1 Å². The van der Waals surface area contributed by atoms with Gasteiger partial charge in [0.2, 0.25) is 0 Å². The van der Waals surface area contributed by atoms with Crippen LogP contribution in [0.15, 0.2) is 36.4 Å². The van der Waals surface area contributed by atoms with Crippen LogP contribution in [-0.4, -0.2) is 5.91 Å². The van der Waals surface area contributed by atoms with Gasteiger partial charge < -0.3 is 11.1 Å². The Labute approximate surface area is 152 Å². The van der Waals surface area contributed by atoms with E-state index in [1.165, 1.54) is 0 Å². The molecular formula is C13H9I3N2O. The molecule has 0 bridgehead atoms. The number of nitrogens with one attached hydrogen (secondary N) is 1. The summed E-state index contributed by atoms with van der Waals surface area (Å²) in [6, 6.07) is 11.3. The summed E-state index contributed by atoms with van der Waals surface area (Å²) in [5, 5.41) is 2.88. The molecule has 98 valence electrons. The third-order valence-corrected chi connectivity index (χ3v) is 5.33. The molecule has 0 unspecified atom stereocenters. The van der Waals surface area contributed by atoms with Crippen molar-refractivity contribution in [1.29, 1.82) is 0 Å². The summed E-state index contributed by atoms with van der Waals surface area (Å²) >= 11 is 6.45. The number of para-hydroxylation sites is 1. The van der Waals surface area contributed by atoms with Crippen LogP contribution in [0.5, 0.6) is 0 Å². The van der Waals surface area contributed by atoms with E-state index in [0.717, 1.165) is 16.4 Å². The first-order valence-electron chi connectivity index (χ1n) is 5.30. The standard InChI is InChI=1S/C13H9I3N2O/c14-8-6-9(15)12(17)11(16)10(8)13(19)18-7-4-2-1-3-5-7/h1-6H,17H2,(H,18,19). The van der Waals surface area contributed by atoms with Crippen LogP contribution < -0.4 is 11.1 Å². The van der Waals surface area contributed by atoms with E-state index in [9.17, 15) is 4.79 Å². The van der Waals surface area contributed by atoms with Crippen molar-refractivity contribution in [2.75, 3.05) is 11.1 Å². The molecule has 0 aliphatic carbocycles. The van der Waals surface area contributed by atoms with Gasteiger partial charge in [0.1, 0.15) is 0 Å². The molecule has 3 N–H and O–H groups in total. The van der Waals surface area contributed by atoms with Crippen LogP contribution in [0.2, 0.25) is 0 Å². The van der Waals surface area contributed by atoms with Gasteiger partial charge in [-0.1, -0.05) is 18.2 Å². The van der Waals surface area contributed by atoms with Gasteiger partial charge in [-0.25, -0.2) is 0 Å². The summed E-state index contributed by atoms with van der Waals surface area (Å²) in [4.78, 5) is 12.3. The van der Waals surface area contributed by atoms with E-state index in [1.807, 2.05) is 36.4 Å². The summed E-state index contributed by atoms with van der Waals surface area (Å²) < 4.78 is 2.65. The number of hydrogen-bond donors (Lipinski definition) is 2. The maximum atomic E-state index is 12.3. The third-order valence-electron chi connectivity index (χ3n) is 2.46. The number of nitrogen functional groups attached to an aromatic ring is 1. The highest BCUT2D eigenvalue weighted by Crippen LogP contribution is 2.30. The minimum absolute atomic E-state index is 0.136. The second-order valence-corrected chi connectivity index (χ2v) is 7.17. The van der Waals surface area contributed by atoms with Gasteiger partial charge in [0.15, 0.2) is 0 Å². The van der Waals surface area contributed by atoms with Crippen molar-refractivity contribution in [1.82, 2.24) is 0 Å². The molecule has 0 heterocycles. The van der Waals surface area contributed by atoms with E-state index in [0.29, 0.717) is 11.3 Å².